The Morgan fingerprint density at radius 3 is 2.31 bits per heavy atom. The highest BCUT2D eigenvalue weighted by atomic mass is 16.6. The summed E-state index contributed by atoms with van der Waals surface area (Å²) in [6.45, 7) is 16.2. The van der Waals surface area contributed by atoms with Crippen LogP contribution in [0, 0.1) is 35.5 Å². The van der Waals surface area contributed by atoms with E-state index in [9.17, 15) is 19.8 Å². The average molecular weight is 503 g/mol. The SMILES string of the molecule is C#C[C@]1(C)C[C@H](NC(=O)OC(C)(C)C)C=C[C@@H]1/C=C(C)/C=C/[C@@H](C)[C@@H](O)[C@H](C)[C@H](O)[C@@H](C)NC(C)=O. The minimum Gasteiger partial charge on any atom is -0.444 e. The summed E-state index contributed by atoms with van der Waals surface area (Å²) in [5.41, 5.74) is -0.0761. The van der Waals surface area contributed by atoms with Gasteiger partial charge in [-0.2, -0.15) is 0 Å². The molecule has 202 valence electrons. The number of ether oxygens (including phenoxy) is 1. The van der Waals surface area contributed by atoms with Gasteiger partial charge in [0.1, 0.15) is 5.60 Å². The molecule has 0 saturated heterocycles. The van der Waals surface area contributed by atoms with E-state index in [2.05, 4.69) is 22.6 Å². The highest BCUT2D eigenvalue weighted by Crippen LogP contribution is 2.38. The molecule has 7 heteroatoms. The van der Waals surface area contributed by atoms with Crippen LogP contribution in [0.25, 0.3) is 0 Å². The molecule has 4 N–H and O–H groups in total. The molecule has 0 aromatic heterocycles. The van der Waals surface area contributed by atoms with Crippen molar-refractivity contribution >= 4 is 12.0 Å². The van der Waals surface area contributed by atoms with Gasteiger partial charge in [0.25, 0.3) is 0 Å². The Morgan fingerprint density at radius 1 is 1.17 bits per heavy atom. The molecule has 7 nitrogen and oxygen atoms in total. The van der Waals surface area contributed by atoms with E-state index in [1.165, 1.54) is 6.92 Å². The smallest absolute Gasteiger partial charge is 0.408 e. The molecule has 0 spiro atoms. The molecule has 8 atom stereocenters. The number of aliphatic hydroxyl groups is 2. The van der Waals surface area contributed by atoms with E-state index in [0.29, 0.717) is 6.42 Å². The van der Waals surface area contributed by atoms with Crippen molar-refractivity contribution in [3.05, 3.63) is 36.0 Å². The van der Waals surface area contributed by atoms with Gasteiger partial charge in [0.2, 0.25) is 5.91 Å². The Labute approximate surface area is 217 Å². The van der Waals surface area contributed by atoms with E-state index in [1.807, 2.05) is 65.8 Å². The predicted octanol–water partition coefficient (Wildman–Crippen LogP) is 4.12. The molecule has 2 amide bonds. The molecule has 0 saturated carbocycles. The predicted molar refractivity (Wildman–Crippen MR) is 144 cm³/mol. The van der Waals surface area contributed by atoms with Crippen LogP contribution in [0.1, 0.15) is 68.7 Å². The quantitative estimate of drug-likeness (QED) is 0.216. The second-order valence-electron chi connectivity index (χ2n) is 11.4. The zero-order valence-electron chi connectivity index (χ0n) is 23.3. The van der Waals surface area contributed by atoms with E-state index in [-0.39, 0.29) is 23.8 Å². The number of allylic oxidation sites excluding steroid dienone is 4. The number of aliphatic hydroxyl groups excluding tert-OH is 2. The largest absolute Gasteiger partial charge is 0.444 e. The highest BCUT2D eigenvalue weighted by molar-refractivity contribution is 5.73. The number of hydrogen-bond donors (Lipinski definition) is 4. The fourth-order valence-electron chi connectivity index (χ4n) is 4.38. The van der Waals surface area contributed by atoms with Gasteiger partial charge in [-0.25, -0.2) is 4.79 Å². The van der Waals surface area contributed by atoms with Gasteiger partial charge in [-0.1, -0.05) is 55.7 Å². The van der Waals surface area contributed by atoms with Crippen LogP contribution >= 0.6 is 0 Å². The van der Waals surface area contributed by atoms with Crippen LogP contribution in [-0.4, -0.2) is 52.1 Å². The lowest BCUT2D eigenvalue weighted by Gasteiger charge is -2.37. The summed E-state index contributed by atoms with van der Waals surface area (Å²) in [5.74, 6) is 2.01. The number of terminal acetylenes is 1. The Hall–Kier alpha value is -2.56. The Bertz CT molecular complexity index is 894. The maximum absolute atomic E-state index is 12.2. The molecule has 0 radical (unpaired) electrons. The minimum atomic E-state index is -0.873. The van der Waals surface area contributed by atoms with Crippen molar-refractivity contribution in [3.8, 4) is 12.3 Å². The Balaban J connectivity index is 2.87. The molecule has 0 fully saturated rings. The molecule has 0 aromatic rings. The minimum absolute atomic E-state index is 0.0247. The summed E-state index contributed by atoms with van der Waals surface area (Å²) in [7, 11) is 0. The third-order valence-electron chi connectivity index (χ3n) is 6.63. The van der Waals surface area contributed by atoms with Gasteiger partial charge < -0.3 is 25.6 Å². The van der Waals surface area contributed by atoms with Gasteiger partial charge in [-0.15, -0.1) is 6.42 Å². The van der Waals surface area contributed by atoms with Gasteiger partial charge in [-0.3, -0.25) is 4.79 Å². The van der Waals surface area contributed by atoms with E-state index in [0.717, 1.165) is 5.57 Å². The zero-order chi connectivity index (χ0) is 27.8. The number of hydrogen-bond acceptors (Lipinski definition) is 5. The van der Waals surface area contributed by atoms with E-state index < -0.39 is 41.3 Å². The fourth-order valence-corrected chi connectivity index (χ4v) is 4.38. The maximum atomic E-state index is 12.2. The first kappa shape index (κ1) is 31.5. The molecule has 0 heterocycles. The zero-order valence-corrected chi connectivity index (χ0v) is 23.3. The lowest BCUT2D eigenvalue weighted by Crippen LogP contribution is -2.47. The van der Waals surface area contributed by atoms with Gasteiger partial charge >= 0.3 is 6.09 Å². The topological polar surface area (TPSA) is 108 Å². The van der Waals surface area contributed by atoms with Gasteiger partial charge in [0.05, 0.1) is 24.3 Å². The van der Waals surface area contributed by atoms with Crippen LogP contribution in [-0.2, 0) is 9.53 Å². The lowest BCUT2D eigenvalue weighted by atomic mass is 9.69. The Kier molecular flexibility index (Phi) is 11.5. The third kappa shape index (κ3) is 9.83. The number of carbonyl (C=O) groups excluding carboxylic acids is 2. The molecule has 1 aliphatic rings. The molecule has 1 aliphatic carbocycles. The van der Waals surface area contributed by atoms with Gasteiger partial charge in [0.15, 0.2) is 0 Å². The number of nitrogens with one attached hydrogen (secondary N) is 2. The van der Waals surface area contributed by atoms with Crippen molar-refractivity contribution in [2.24, 2.45) is 23.2 Å². The van der Waals surface area contributed by atoms with Crippen molar-refractivity contribution in [1.29, 1.82) is 0 Å². The normalized spacial score (nSPS) is 26.9. The van der Waals surface area contributed by atoms with Crippen molar-refractivity contribution in [2.45, 2.75) is 98.6 Å². The molecular formula is C29H46N2O5. The molecule has 0 aliphatic heterocycles. The first-order valence-electron chi connectivity index (χ1n) is 12.6. The van der Waals surface area contributed by atoms with Gasteiger partial charge in [0, 0.05) is 30.1 Å². The molecule has 0 bridgehead atoms. The van der Waals surface area contributed by atoms with Crippen molar-refractivity contribution in [2.75, 3.05) is 0 Å². The molecule has 1 rings (SSSR count). The summed E-state index contributed by atoms with van der Waals surface area (Å²) in [6.07, 6.45) is 14.3. The average Bonchev–Trinajstić information content (AvgIpc) is 2.75. The number of alkyl carbamates (subject to hydrolysis) is 1. The summed E-state index contributed by atoms with van der Waals surface area (Å²) in [6, 6.07) is -0.678. The van der Waals surface area contributed by atoms with Crippen LogP contribution in [0.2, 0.25) is 0 Å². The summed E-state index contributed by atoms with van der Waals surface area (Å²) in [4.78, 5) is 23.4. The van der Waals surface area contributed by atoms with Crippen molar-refractivity contribution in [3.63, 3.8) is 0 Å². The lowest BCUT2D eigenvalue weighted by molar-refractivity contribution is -0.121. The van der Waals surface area contributed by atoms with E-state index in [4.69, 9.17) is 11.2 Å². The third-order valence-corrected chi connectivity index (χ3v) is 6.63. The molecular weight excluding hydrogens is 456 g/mol. The van der Waals surface area contributed by atoms with Crippen LogP contribution in [0.4, 0.5) is 4.79 Å². The number of amides is 2. The van der Waals surface area contributed by atoms with Crippen LogP contribution in [0.3, 0.4) is 0 Å². The molecule has 0 unspecified atom stereocenters. The van der Waals surface area contributed by atoms with Crippen molar-refractivity contribution < 1.29 is 24.5 Å². The summed E-state index contributed by atoms with van der Waals surface area (Å²) in [5, 5.41) is 26.8. The monoisotopic (exact) mass is 502 g/mol. The summed E-state index contributed by atoms with van der Waals surface area (Å²) < 4.78 is 5.36. The maximum Gasteiger partial charge on any atom is 0.408 e. The Morgan fingerprint density at radius 2 is 1.78 bits per heavy atom. The van der Waals surface area contributed by atoms with E-state index >= 15 is 0 Å². The number of carbonyl (C=O) groups is 2. The van der Waals surface area contributed by atoms with Gasteiger partial charge in [-0.05, 0) is 48.0 Å². The second kappa shape index (κ2) is 13.1. The van der Waals surface area contributed by atoms with Crippen LogP contribution in [0.5, 0.6) is 0 Å². The molecule has 36 heavy (non-hydrogen) atoms. The first-order chi connectivity index (χ1) is 16.5. The fraction of sp³-hybridized carbons (Fsp3) is 0.655. The van der Waals surface area contributed by atoms with Crippen molar-refractivity contribution in [1.82, 2.24) is 10.6 Å². The second-order valence-corrected chi connectivity index (χ2v) is 11.4. The number of rotatable bonds is 9. The van der Waals surface area contributed by atoms with Crippen LogP contribution < -0.4 is 10.6 Å². The summed E-state index contributed by atoms with van der Waals surface area (Å²) >= 11 is 0. The first-order valence-corrected chi connectivity index (χ1v) is 12.6. The molecule has 0 aromatic carbocycles. The highest BCUT2D eigenvalue weighted by Gasteiger charge is 2.36. The van der Waals surface area contributed by atoms with E-state index in [1.54, 1.807) is 13.8 Å². The standard InChI is InChI=1S/C29H46N2O5/c1-11-29(10)17-24(31-27(35)36-28(7,8)9)15-14-23(29)16-18(2)12-13-19(3)25(33)20(4)26(34)21(5)30-22(6)32/h1,12-16,19-21,23-26,33-34H,17H2,2-10H3,(H,30,32)(H,31,35)/b13-12+,18-16+/t19-,20+,21-,23-,24-,25-,26+,29-/m1/s1. The van der Waals surface area contributed by atoms with Crippen LogP contribution in [0.15, 0.2) is 36.0 Å².